The Hall–Kier alpha value is -4.97. The summed E-state index contributed by atoms with van der Waals surface area (Å²) < 4.78 is 15.5. The Balaban J connectivity index is 1.55. The number of hydrazine groups is 1. The van der Waals surface area contributed by atoms with E-state index in [2.05, 4.69) is 10.7 Å². The summed E-state index contributed by atoms with van der Waals surface area (Å²) in [5.74, 6) is -1.20. The zero-order chi connectivity index (χ0) is 30.2. The number of carbonyl (C=O) groups is 4. The highest BCUT2D eigenvalue weighted by Crippen LogP contribution is 2.25. The Labute approximate surface area is 248 Å². The van der Waals surface area contributed by atoms with Crippen LogP contribution in [0.2, 0.25) is 0 Å². The quantitative estimate of drug-likeness (QED) is 0.255. The van der Waals surface area contributed by atoms with Gasteiger partial charge in [-0.1, -0.05) is 30.3 Å². The molecule has 1 saturated heterocycles. The third-order valence-electron chi connectivity index (χ3n) is 6.38. The lowest BCUT2D eigenvalue weighted by Crippen LogP contribution is -2.49. The van der Waals surface area contributed by atoms with Gasteiger partial charge in [0.25, 0.3) is 11.8 Å². The van der Waals surface area contributed by atoms with E-state index in [0.29, 0.717) is 22.7 Å². The summed E-state index contributed by atoms with van der Waals surface area (Å²) in [7, 11) is 2.93. The Kier molecular flexibility index (Phi) is 9.71. The van der Waals surface area contributed by atoms with Crippen molar-refractivity contribution in [3.8, 4) is 11.5 Å². The molecule has 3 aromatic carbocycles. The largest absolute Gasteiger partial charge is 0.497 e. The maximum Gasteiger partial charge on any atom is 0.338 e. The average Bonchev–Trinajstić information content (AvgIpc) is 3.21. The molecule has 0 radical (unpaired) electrons. The van der Waals surface area contributed by atoms with Gasteiger partial charge >= 0.3 is 5.97 Å². The van der Waals surface area contributed by atoms with Gasteiger partial charge in [0, 0.05) is 17.3 Å². The van der Waals surface area contributed by atoms with Gasteiger partial charge in [0.2, 0.25) is 5.91 Å². The first-order chi connectivity index (χ1) is 20.2. The normalized spacial score (nSPS) is 14.4. The molecule has 0 aromatic heterocycles. The molecule has 3 amide bonds. The van der Waals surface area contributed by atoms with Crippen LogP contribution < -0.4 is 20.2 Å². The zero-order valence-electron chi connectivity index (χ0n) is 23.3. The first-order valence-electron chi connectivity index (χ1n) is 13.0. The molecule has 1 heterocycles. The van der Waals surface area contributed by atoms with Gasteiger partial charge in [-0.3, -0.25) is 24.7 Å². The van der Waals surface area contributed by atoms with E-state index < -0.39 is 29.7 Å². The summed E-state index contributed by atoms with van der Waals surface area (Å²) in [6.45, 7) is 2.11. The summed E-state index contributed by atoms with van der Waals surface area (Å²) >= 11 is 5.61. The lowest BCUT2D eigenvalue weighted by Gasteiger charge is -2.24. The van der Waals surface area contributed by atoms with Crippen molar-refractivity contribution in [2.75, 3.05) is 26.1 Å². The molecule has 1 aliphatic rings. The third-order valence-corrected chi connectivity index (χ3v) is 6.79. The molecule has 11 nitrogen and oxygen atoms in total. The van der Waals surface area contributed by atoms with Crippen molar-refractivity contribution >= 4 is 46.7 Å². The molecule has 1 atom stereocenters. The number of hydrogen-bond acceptors (Lipinski definition) is 8. The van der Waals surface area contributed by atoms with E-state index in [1.807, 2.05) is 30.3 Å². The van der Waals surface area contributed by atoms with E-state index in [-0.39, 0.29) is 30.2 Å². The molecule has 12 heteroatoms. The number of amides is 3. The minimum absolute atomic E-state index is 0.0450. The molecule has 1 fully saturated rings. The highest BCUT2D eigenvalue weighted by atomic mass is 32.1. The van der Waals surface area contributed by atoms with Gasteiger partial charge < -0.3 is 19.5 Å². The van der Waals surface area contributed by atoms with E-state index in [9.17, 15) is 19.2 Å². The summed E-state index contributed by atoms with van der Waals surface area (Å²) in [6, 6.07) is 18.9. The summed E-state index contributed by atoms with van der Waals surface area (Å²) in [4.78, 5) is 53.3. The number of methoxy groups -OCH3 is 2. The van der Waals surface area contributed by atoms with Crippen molar-refractivity contribution in [1.29, 1.82) is 0 Å². The maximum atomic E-state index is 13.6. The van der Waals surface area contributed by atoms with Crippen LogP contribution in [-0.4, -0.2) is 65.6 Å². The standard InChI is InChI=1S/C30H30N4O7S/c1-4-41-29(38)20-10-12-22(13-11-20)31-26(35)17-25-28(37)33(18-19-8-6-5-7-9-19)30(42)34(25)32-27(36)21-14-23(39-2)16-24(15-21)40-3/h5-16,25H,4,17-18H2,1-3H3,(H,31,35)(H,32,36). The number of esters is 1. The Morgan fingerprint density at radius 1 is 0.905 bits per heavy atom. The Morgan fingerprint density at radius 3 is 2.14 bits per heavy atom. The van der Waals surface area contributed by atoms with Gasteiger partial charge in [-0.2, -0.15) is 0 Å². The van der Waals surface area contributed by atoms with E-state index in [1.165, 1.54) is 48.4 Å². The van der Waals surface area contributed by atoms with Crippen LogP contribution in [0, 0.1) is 0 Å². The monoisotopic (exact) mass is 590 g/mol. The van der Waals surface area contributed by atoms with Gasteiger partial charge in [-0.25, -0.2) is 9.80 Å². The predicted octanol–water partition coefficient (Wildman–Crippen LogP) is 3.55. The van der Waals surface area contributed by atoms with Crippen molar-refractivity contribution < 1.29 is 33.4 Å². The van der Waals surface area contributed by atoms with Gasteiger partial charge in [-0.15, -0.1) is 0 Å². The number of ether oxygens (including phenoxy) is 3. The molecule has 42 heavy (non-hydrogen) atoms. The lowest BCUT2D eigenvalue weighted by atomic mass is 10.1. The summed E-state index contributed by atoms with van der Waals surface area (Å²) in [6.07, 6.45) is -0.314. The van der Waals surface area contributed by atoms with Crippen molar-refractivity contribution in [2.45, 2.75) is 25.9 Å². The SMILES string of the molecule is CCOC(=O)c1ccc(NC(=O)CC2C(=O)N(Cc3ccccc3)C(=S)N2NC(=O)c2cc(OC)cc(OC)c2)cc1. The molecule has 2 N–H and O–H groups in total. The molecule has 1 aliphatic heterocycles. The fourth-order valence-corrected chi connectivity index (χ4v) is 4.60. The summed E-state index contributed by atoms with van der Waals surface area (Å²) in [5.41, 5.74) is 4.47. The van der Waals surface area contributed by atoms with E-state index in [4.69, 9.17) is 26.4 Å². The molecular formula is C30H30N4O7S. The molecule has 3 aromatic rings. The Bertz CT molecular complexity index is 1460. The fraction of sp³-hybridized carbons (Fsp3) is 0.233. The van der Waals surface area contributed by atoms with Crippen LogP contribution in [0.15, 0.2) is 72.8 Å². The molecule has 218 valence electrons. The van der Waals surface area contributed by atoms with Crippen molar-refractivity contribution in [3.05, 3.63) is 89.5 Å². The van der Waals surface area contributed by atoms with Gasteiger partial charge in [0.1, 0.15) is 17.5 Å². The van der Waals surface area contributed by atoms with Crippen LogP contribution in [0.3, 0.4) is 0 Å². The maximum absolute atomic E-state index is 13.6. The van der Waals surface area contributed by atoms with Gasteiger partial charge in [-0.05, 0) is 61.1 Å². The summed E-state index contributed by atoms with van der Waals surface area (Å²) in [5, 5.41) is 4.00. The van der Waals surface area contributed by atoms with Crippen LogP contribution in [-0.2, 0) is 20.9 Å². The van der Waals surface area contributed by atoms with Crippen LogP contribution in [0.25, 0.3) is 0 Å². The molecule has 1 unspecified atom stereocenters. The number of carbonyl (C=O) groups excluding carboxylic acids is 4. The minimum atomic E-state index is -1.11. The van der Waals surface area contributed by atoms with Crippen molar-refractivity contribution in [1.82, 2.24) is 15.3 Å². The van der Waals surface area contributed by atoms with Crippen LogP contribution >= 0.6 is 12.2 Å². The highest BCUT2D eigenvalue weighted by molar-refractivity contribution is 7.80. The van der Waals surface area contributed by atoms with E-state index in [0.717, 1.165) is 5.56 Å². The number of anilines is 1. The number of benzene rings is 3. The molecule has 0 bridgehead atoms. The van der Waals surface area contributed by atoms with Crippen LogP contribution in [0.1, 0.15) is 39.6 Å². The van der Waals surface area contributed by atoms with E-state index in [1.54, 1.807) is 25.1 Å². The first-order valence-corrected chi connectivity index (χ1v) is 13.4. The number of hydrogen-bond donors (Lipinski definition) is 2. The average molecular weight is 591 g/mol. The molecule has 4 rings (SSSR count). The number of nitrogens with one attached hydrogen (secondary N) is 2. The fourth-order valence-electron chi connectivity index (χ4n) is 4.27. The second kappa shape index (κ2) is 13.6. The number of nitrogens with zero attached hydrogens (tertiary/aromatic N) is 2. The van der Waals surface area contributed by atoms with Crippen LogP contribution in [0.4, 0.5) is 5.69 Å². The smallest absolute Gasteiger partial charge is 0.338 e. The number of thiocarbonyl (C=S) groups is 1. The highest BCUT2D eigenvalue weighted by Gasteiger charge is 2.44. The van der Waals surface area contributed by atoms with E-state index >= 15 is 0 Å². The van der Waals surface area contributed by atoms with Crippen molar-refractivity contribution in [3.63, 3.8) is 0 Å². The molecule has 0 aliphatic carbocycles. The van der Waals surface area contributed by atoms with Crippen LogP contribution in [0.5, 0.6) is 11.5 Å². The molecule has 0 spiro atoms. The number of rotatable bonds is 11. The predicted molar refractivity (Wildman–Crippen MR) is 158 cm³/mol. The second-order valence-corrected chi connectivity index (χ2v) is 9.54. The molecule has 0 saturated carbocycles. The molecular weight excluding hydrogens is 560 g/mol. The minimum Gasteiger partial charge on any atom is -0.497 e. The third kappa shape index (κ3) is 7.02. The van der Waals surface area contributed by atoms with Crippen molar-refractivity contribution in [2.24, 2.45) is 0 Å². The first kappa shape index (κ1) is 30.0. The van der Waals surface area contributed by atoms with Gasteiger partial charge in [0.15, 0.2) is 5.11 Å². The van der Waals surface area contributed by atoms with Gasteiger partial charge in [0.05, 0.1) is 39.4 Å². The Morgan fingerprint density at radius 2 is 1.55 bits per heavy atom. The lowest BCUT2D eigenvalue weighted by molar-refractivity contribution is -0.131. The topological polar surface area (TPSA) is 127 Å². The zero-order valence-corrected chi connectivity index (χ0v) is 24.1. The second-order valence-electron chi connectivity index (χ2n) is 9.17.